The van der Waals surface area contributed by atoms with E-state index in [2.05, 4.69) is 10.5 Å². The summed E-state index contributed by atoms with van der Waals surface area (Å²) in [6.45, 7) is 0.133. The monoisotopic (exact) mass is 502 g/mol. The maximum Gasteiger partial charge on any atom is 0.271 e. The Hall–Kier alpha value is -3.98. The van der Waals surface area contributed by atoms with E-state index < -0.39 is 11.7 Å². The highest BCUT2D eigenvalue weighted by Gasteiger charge is 2.16. The van der Waals surface area contributed by atoms with Crippen molar-refractivity contribution in [2.24, 2.45) is 5.10 Å². The predicted molar refractivity (Wildman–Crippen MR) is 130 cm³/mol. The second kappa shape index (κ2) is 11.9. The Morgan fingerprint density at radius 3 is 2.20 bits per heavy atom. The zero-order valence-electron chi connectivity index (χ0n) is 19.6. The predicted octanol–water partition coefficient (Wildman–Crippen LogP) is 4.86. The molecular formula is C25H24ClFN2O6. The molecule has 0 saturated carbocycles. The highest BCUT2D eigenvalue weighted by Crippen LogP contribution is 2.38. The number of nitrogens with zero attached hydrogens (tertiary/aromatic N) is 1. The van der Waals surface area contributed by atoms with Gasteiger partial charge in [-0.15, -0.1) is 0 Å². The molecule has 0 aliphatic carbocycles. The number of amides is 1. The molecule has 1 amide bonds. The van der Waals surface area contributed by atoms with Crippen LogP contribution in [0.15, 0.2) is 53.6 Å². The molecule has 8 nitrogen and oxygen atoms in total. The molecule has 35 heavy (non-hydrogen) atoms. The molecule has 0 aromatic heterocycles. The Morgan fingerprint density at radius 2 is 1.60 bits per heavy atom. The van der Waals surface area contributed by atoms with E-state index in [1.54, 1.807) is 24.3 Å². The van der Waals surface area contributed by atoms with Crippen LogP contribution < -0.4 is 29.1 Å². The van der Waals surface area contributed by atoms with Crippen molar-refractivity contribution in [1.29, 1.82) is 0 Å². The van der Waals surface area contributed by atoms with Gasteiger partial charge < -0.3 is 23.7 Å². The first-order valence-corrected chi connectivity index (χ1v) is 10.7. The number of hydrogen-bond donors (Lipinski definition) is 1. The summed E-state index contributed by atoms with van der Waals surface area (Å²) < 4.78 is 40.2. The number of nitrogens with one attached hydrogen (secondary N) is 1. The summed E-state index contributed by atoms with van der Waals surface area (Å²) in [6, 6.07) is 12.3. The maximum atomic E-state index is 13.2. The Kier molecular flexibility index (Phi) is 8.74. The highest BCUT2D eigenvalue weighted by molar-refractivity contribution is 6.31. The highest BCUT2D eigenvalue weighted by atomic mass is 35.5. The van der Waals surface area contributed by atoms with E-state index in [0.717, 1.165) is 0 Å². The fourth-order valence-corrected chi connectivity index (χ4v) is 3.34. The van der Waals surface area contributed by atoms with Gasteiger partial charge in [0.15, 0.2) is 23.0 Å². The van der Waals surface area contributed by atoms with Gasteiger partial charge in [0.2, 0.25) is 5.75 Å². The minimum Gasteiger partial charge on any atom is -0.493 e. The van der Waals surface area contributed by atoms with Crippen LogP contribution in [0.25, 0.3) is 0 Å². The Morgan fingerprint density at radius 1 is 0.914 bits per heavy atom. The molecular weight excluding hydrogens is 479 g/mol. The molecule has 0 aliphatic rings. The molecule has 10 heteroatoms. The van der Waals surface area contributed by atoms with Gasteiger partial charge in [0, 0.05) is 11.1 Å². The first-order chi connectivity index (χ1) is 16.9. The molecule has 3 rings (SSSR count). The summed E-state index contributed by atoms with van der Waals surface area (Å²) in [4.78, 5) is 12.6. The molecule has 0 saturated heterocycles. The molecule has 184 valence electrons. The van der Waals surface area contributed by atoms with Gasteiger partial charge >= 0.3 is 0 Å². The largest absolute Gasteiger partial charge is 0.493 e. The lowest BCUT2D eigenvalue weighted by Gasteiger charge is -2.13. The maximum absolute atomic E-state index is 13.2. The lowest BCUT2D eigenvalue weighted by atomic mass is 10.1. The molecule has 0 bridgehead atoms. The molecule has 0 aliphatic heterocycles. The molecule has 0 heterocycles. The number of benzene rings is 3. The van der Waals surface area contributed by atoms with E-state index in [1.165, 1.54) is 58.9 Å². The van der Waals surface area contributed by atoms with Crippen molar-refractivity contribution in [3.8, 4) is 28.7 Å². The number of carbonyl (C=O) groups is 1. The van der Waals surface area contributed by atoms with E-state index in [-0.39, 0.29) is 17.2 Å². The minimum atomic E-state index is -0.469. The van der Waals surface area contributed by atoms with E-state index in [9.17, 15) is 9.18 Å². The summed E-state index contributed by atoms with van der Waals surface area (Å²) in [5.41, 5.74) is 4.02. The van der Waals surface area contributed by atoms with Gasteiger partial charge in [-0.25, -0.2) is 9.82 Å². The summed E-state index contributed by atoms with van der Waals surface area (Å²) in [7, 11) is 5.91. The number of halogens is 2. The third-order valence-corrected chi connectivity index (χ3v) is 5.24. The van der Waals surface area contributed by atoms with E-state index >= 15 is 0 Å². The first kappa shape index (κ1) is 25.6. The van der Waals surface area contributed by atoms with Crippen LogP contribution in [0, 0.1) is 5.82 Å². The van der Waals surface area contributed by atoms with Crippen LogP contribution in [0.2, 0.25) is 5.02 Å². The summed E-state index contributed by atoms with van der Waals surface area (Å²) in [5.74, 6) is 1.10. The topological polar surface area (TPSA) is 87.6 Å². The van der Waals surface area contributed by atoms with Gasteiger partial charge in [0.1, 0.15) is 12.4 Å². The average Bonchev–Trinajstić information content (AvgIpc) is 2.87. The van der Waals surface area contributed by atoms with Gasteiger partial charge in [0.25, 0.3) is 5.91 Å². The van der Waals surface area contributed by atoms with Crippen molar-refractivity contribution in [3.63, 3.8) is 0 Å². The lowest BCUT2D eigenvalue weighted by Crippen LogP contribution is -2.18. The molecule has 0 unspecified atom stereocenters. The molecule has 0 atom stereocenters. The standard InChI is InChI=1S/C25H24ClFN2O6/c1-31-21-9-15(5-8-20(21)35-14-16-6-7-18(27)12-19(16)26)13-28-29-25(30)17-10-22(32-2)24(34-4)23(11-17)33-3/h5-13H,14H2,1-4H3,(H,29,30). The van der Waals surface area contributed by atoms with Crippen molar-refractivity contribution in [2.75, 3.05) is 28.4 Å². The zero-order chi connectivity index (χ0) is 25.4. The number of methoxy groups -OCH3 is 4. The fraction of sp³-hybridized carbons (Fsp3) is 0.200. The van der Waals surface area contributed by atoms with E-state index in [4.69, 9.17) is 35.3 Å². The van der Waals surface area contributed by atoms with Crippen molar-refractivity contribution in [3.05, 3.63) is 76.1 Å². The molecule has 3 aromatic rings. The molecule has 3 aromatic carbocycles. The normalized spacial score (nSPS) is 10.7. The summed E-state index contributed by atoms with van der Waals surface area (Å²) in [6.07, 6.45) is 1.46. The van der Waals surface area contributed by atoms with Crippen LogP contribution in [-0.4, -0.2) is 40.6 Å². The van der Waals surface area contributed by atoms with Gasteiger partial charge in [-0.2, -0.15) is 5.10 Å². The molecule has 0 spiro atoms. The fourth-order valence-electron chi connectivity index (χ4n) is 3.12. The Labute approximate surface area is 207 Å². The number of hydrogen-bond acceptors (Lipinski definition) is 7. The van der Waals surface area contributed by atoms with Crippen LogP contribution in [0.4, 0.5) is 4.39 Å². The molecule has 0 fully saturated rings. The van der Waals surface area contributed by atoms with Crippen LogP contribution in [0.5, 0.6) is 28.7 Å². The van der Waals surface area contributed by atoms with E-state index in [1.807, 2.05) is 0 Å². The summed E-state index contributed by atoms with van der Waals surface area (Å²) in [5, 5.41) is 4.28. The van der Waals surface area contributed by atoms with Crippen LogP contribution in [0.1, 0.15) is 21.5 Å². The smallest absolute Gasteiger partial charge is 0.271 e. The third kappa shape index (κ3) is 6.33. The number of rotatable bonds is 10. The van der Waals surface area contributed by atoms with Gasteiger partial charge in [-0.1, -0.05) is 17.7 Å². The van der Waals surface area contributed by atoms with Crippen LogP contribution in [-0.2, 0) is 6.61 Å². The SMILES string of the molecule is COc1cc(C=NNC(=O)c2cc(OC)c(OC)c(OC)c2)ccc1OCc1ccc(F)cc1Cl. The van der Waals surface area contributed by atoms with Crippen LogP contribution in [0.3, 0.4) is 0 Å². The zero-order valence-corrected chi connectivity index (χ0v) is 20.3. The van der Waals surface area contributed by atoms with Gasteiger partial charge in [0.05, 0.1) is 39.7 Å². The van der Waals surface area contributed by atoms with Crippen molar-refractivity contribution in [2.45, 2.75) is 6.61 Å². The van der Waals surface area contributed by atoms with Gasteiger partial charge in [-0.3, -0.25) is 4.79 Å². The average molecular weight is 503 g/mol. The first-order valence-electron chi connectivity index (χ1n) is 10.3. The molecule has 0 radical (unpaired) electrons. The lowest BCUT2D eigenvalue weighted by molar-refractivity contribution is 0.0954. The number of ether oxygens (including phenoxy) is 5. The summed E-state index contributed by atoms with van der Waals surface area (Å²) >= 11 is 6.05. The van der Waals surface area contributed by atoms with Crippen molar-refractivity contribution in [1.82, 2.24) is 5.43 Å². The van der Waals surface area contributed by atoms with Gasteiger partial charge in [-0.05, 0) is 48.0 Å². The molecule has 1 N–H and O–H groups in total. The van der Waals surface area contributed by atoms with Crippen molar-refractivity contribution >= 4 is 23.7 Å². The number of carbonyl (C=O) groups excluding carboxylic acids is 1. The Bertz CT molecular complexity index is 1210. The second-order valence-electron chi connectivity index (χ2n) is 7.05. The van der Waals surface area contributed by atoms with Crippen molar-refractivity contribution < 1.29 is 32.9 Å². The second-order valence-corrected chi connectivity index (χ2v) is 7.46. The van der Waals surface area contributed by atoms with E-state index in [0.29, 0.717) is 39.9 Å². The number of hydrazone groups is 1. The third-order valence-electron chi connectivity index (χ3n) is 4.89. The minimum absolute atomic E-state index is 0.133. The van der Waals surface area contributed by atoms with Crippen LogP contribution >= 0.6 is 11.6 Å². The quantitative estimate of drug-likeness (QED) is 0.315. The Balaban J connectivity index is 1.68.